The summed E-state index contributed by atoms with van der Waals surface area (Å²) in [6, 6.07) is 10.5. The molecule has 0 fully saturated rings. The second kappa shape index (κ2) is 5.87. The van der Waals surface area contributed by atoms with Crippen molar-refractivity contribution in [1.29, 1.82) is 0 Å². The zero-order chi connectivity index (χ0) is 9.52. The molecule has 0 aliphatic rings. The molecule has 13 heavy (non-hydrogen) atoms. The molecule has 0 heterocycles. The van der Waals surface area contributed by atoms with Gasteiger partial charge in [0, 0.05) is 10.1 Å². The Labute approximate surface area is 85.1 Å². The third-order valence-electron chi connectivity index (χ3n) is 1.86. The highest BCUT2D eigenvalue weighted by Crippen LogP contribution is 2.25. The van der Waals surface area contributed by atoms with E-state index in [1.165, 1.54) is 11.3 Å². The first kappa shape index (κ1) is 10.4. The van der Waals surface area contributed by atoms with Crippen LogP contribution in [0.1, 0.15) is 19.8 Å². The van der Waals surface area contributed by atoms with Crippen molar-refractivity contribution in [1.82, 2.24) is 0 Å². The van der Waals surface area contributed by atoms with Gasteiger partial charge in [0.05, 0.1) is 0 Å². The molecule has 0 saturated heterocycles. The quantitative estimate of drug-likeness (QED) is 0.499. The van der Waals surface area contributed by atoms with E-state index in [0.29, 0.717) is 5.25 Å². The fourth-order valence-corrected chi connectivity index (χ4v) is 2.18. The van der Waals surface area contributed by atoms with Gasteiger partial charge >= 0.3 is 0 Å². The van der Waals surface area contributed by atoms with Gasteiger partial charge in [0.1, 0.15) is 0 Å². The molecular formula is C12H16S. The van der Waals surface area contributed by atoms with Crippen molar-refractivity contribution in [2.24, 2.45) is 0 Å². The predicted octanol–water partition coefficient (Wildman–Crippen LogP) is 4.13. The number of hydrogen-bond acceptors (Lipinski definition) is 1. The highest BCUT2D eigenvalue weighted by molar-refractivity contribution is 7.99. The second-order valence-corrected chi connectivity index (χ2v) is 4.62. The van der Waals surface area contributed by atoms with Gasteiger partial charge in [-0.05, 0) is 25.0 Å². The summed E-state index contributed by atoms with van der Waals surface area (Å²) in [5, 5.41) is 0.681. The minimum atomic E-state index is 0.681. The summed E-state index contributed by atoms with van der Waals surface area (Å²) >= 11 is 1.94. The van der Waals surface area contributed by atoms with Crippen LogP contribution >= 0.6 is 11.8 Å². The molecule has 1 unspecified atom stereocenters. The molecule has 0 saturated carbocycles. The van der Waals surface area contributed by atoms with Crippen LogP contribution in [0.2, 0.25) is 0 Å². The van der Waals surface area contributed by atoms with Crippen LogP contribution in [-0.2, 0) is 0 Å². The van der Waals surface area contributed by atoms with Crippen LogP contribution in [0.15, 0.2) is 47.9 Å². The van der Waals surface area contributed by atoms with Gasteiger partial charge in [0.15, 0.2) is 0 Å². The summed E-state index contributed by atoms with van der Waals surface area (Å²) in [7, 11) is 0. The largest absolute Gasteiger partial charge is 0.123 e. The van der Waals surface area contributed by atoms with Crippen LogP contribution in [0, 0.1) is 0 Å². The molecule has 0 N–H and O–H groups in total. The molecule has 1 aromatic carbocycles. The van der Waals surface area contributed by atoms with E-state index in [9.17, 15) is 0 Å². The van der Waals surface area contributed by atoms with Crippen LogP contribution in [0.5, 0.6) is 0 Å². The van der Waals surface area contributed by atoms with Crippen molar-refractivity contribution in [3.05, 3.63) is 43.0 Å². The first-order chi connectivity index (χ1) is 6.33. The molecule has 0 aliphatic heterocycles. The Morgan fingerprint density at radius 2 is 2.08 bits per heavy atom. The molecule has 1 heteroatoms. The first-order valence-electron chi connectivity index (χ1n) is 4.65. The summed E-state index contributed by atoms with van der Waals surface area (Å²) in [6.45, 7) is 6.00. The van der Waals surface area contributed by atoms with Gasteiger partial charge in [-0.15, -0.1) is 18.3 Å². The molecule has 0 spiro atoms. The van der Waals surface area contributed by atoms with Gasteiger partial charge in [-0.3, -0.25) is 0 Å². The molecular weight excluding hydrogens is 176 g/mol. The lowest BCUT2D eigenvalue weighted by molar-refractivity contribution is 0.833. The highest BCUT2D eigenvalue weighted by atomic mass is 32.2. The molecule has 0 aliphatic carbocycles. The van der Waals surface area contributed by atoms with Gasteiger partial charge in [0.2, 0.25) is 0 Å². The molecule has 0 nitrogen and oxygen atoms in total. The summed E-state index contributed by atoms with van der Waals surface area (Å²) in [4.78, 5) is 1.36. The van der Waals surface area contributed by atoms with Crippen molar-refractivity contribution in [3.8, 4) is 0 Å². The van der Waals surface area contributed by atoms with E-state index in [2.05, 4.69) is 43.8 Å². The number of hydrogen-bond donors (Lipinski definition) is 0. The minimum absolute atomic E-state index is 0.681. The summed E-state index contributed by atoms with van der Waals surface area (Å²) in [5.41, 5.74) is 0. The number of thioether (sulfide) groups is 1. The second-order valence-electron chi connectivity index (χ2n) is 3.11. The van der Waals surface area contributed by atoms with Crippen molar-refractivity contribution < 1.29 is 0 Å². The SMILES string of the molecule is C=CCCC(C)Sc1ccccc1. The van der Waals surface area contributed by atoms with Gasteiger partial charge in [-0.1, -0.05) is 31.2 Å². The van der Waals surface area contributed by atoms with Gasteiger partial charge < -0.3 is 0 Å². The van der Waals surface area contributed by atoms with E-state index in [1.807, 2.05) is 17.8 Å². The molecule has 1 rings (SSSR count). The third kappa shape index (κ3) is 4.18. The molecule has 70 valence electrons. The topological polar surface area (TPSA) is 0 Å². The van der Waals surface area contributed by atoms with Crippen molar-refractivity contribution in [2.45, 2.75) is 29.9 Å². The van der Waals surface area contributed by atoms with Crippen molar-refractivity contribution in [2.75, 3.05) is 0 Å². The fourth-order valence-electron chi connectivity index (χ4n) is 1.14. The minimum Gasteiger partial charge on any atom is -0.123 e. The number of allylic oxidation sites excluding steroid dienone is 1. The zero-order valence-electron chi connectivity index (χ0n) is 8.07. The maximum Gasteiger partial charge on any atom is 0.00746 e. The zero-order valence-corrected chi connectivity index (χ0v) is 8.89. The third-order valence-corrected chi connectivity index (χ3v) is 3.04. The maximum atomic E-state index is 3.73. The predicted molar refractivity (Wildman–Crippen MR) is 61.2 cm³/mol. The molecule has 0 bridgehead atoms. The lowest BCUT2D eigenvalue weighted by Gasteiger charge is -2.08. The van der Waals surface area contributed by atoms with E-state index < -0.39 is 0 Å². The summed E-state index contributed by atoms with van der Waals surface area (Å²) < 4.78 is 0. The first-order valence-corrected chi connectivity index (χ1v) is 5.53. The van der Waals surface area contributed by atoms with E-state index in [-0.39, 0.29) is 0 Å². The van der Waals surface area contributed by atoms with E-state index in [0.717, 1.165) is 6.42 Å². The van der Waals surface area contributed by atoms with Crippen LogP contribution in [0.3, 0.4) is 0 Å². The van der Waals surface area contributed by atoms with Gasteiger partial charge in [0.25, 0.3) is 0 Å². The Bertz CT molecular complexity index is 241. The van der Waals surface area contributed by atoms with Gasteiger partial charge in [-0.25, -0.2) is 0 Å². The maximum absolute atomic E-state index is 3.73. The lowest BCUT2D eigenvalue weighted by Crippen LogP contribution is -1.93. The van der Waals surface area contributed by atoms with Crippen LogP contribution in [-0.4, -0.2) is 5.25 Å². The Morgan fingerprint density at radius 1 is 1.38 bits per heavy atom. The van der Waals surface area contributed by atoms with E-state index in [1.54, 1.807) is 0 Å². The lowest BCUT2D eigenvalue weighted by atomic mass is 10.2. The van der Waals surface area contributed by atoms with E-state index in [4.69, 9.17) is 0 Å². The molecule has 1 atom stereocenters. The van der Waals surface area contributed by atoms with Crippen LogP contribution < -0.4 is 0 Å². The highest BCUT2D eigenvalue weighted by Gasteiger charge is 2.01. The molecule has 0 radical (unpaired) electrons. The smallest absolute Gasteiger partial charge is 0.00746 e. The number of benzene rings is 1. The Morgan fingerprint density at radius 3 is 2.69 bits per heavy atom. The monoisotopic (exact) mass is 192 g/mol. The Kier molecular flexibility index (Phi) is 4.69. The van der Waals surface area contributed by atoms with Crippen LogP contribution in [0.25, 0.3) is 0 Å². The molecule has 1 aromatic rings. The van der Waals surface area contributed by atoms with Crippen LogP contribution in [0.4, 0.5) is 0 Å². The average Bonchev–Trinajstić information content (AvgIpc) is 2.16. The average molecular weight is 192 g/mol. The van der Waals surface area contributed by atoms with Crippen molar-refractivity contribution in [3.63, 3.8) is 0 Å². The van der Waals surface area contributed by atoms with Crippen molar-refractivity contribution >= 4 is 11.8 Å². The van der Waals surface area contributed by atoms with E-state index >= 15 is 0 Å². The number of rotatable bonds is 5. The van der Waals surface area contributed by atoms with Gasteiger partial charge in [-0.2, -0.15) is 0 Å². The summed E-state index contributed by atoms with van der Waals surface area (Å²) in [6.07, 6.45) is 4.31. The molecule has 0 amide bonds. The fraction of sp³-hybridized carbons (Fsp3) is 0.333. The summed E-state index contributed by atoms with van der Waals surface area (Å²) in [5.74, 6) is 0. The molecule has 0 aromatic heterocycles. The Hall–Kier alpha value is -0.690. The standard InChI is InChI=1S/C12H16S/c1-3-4-8-11(2)13-12-9-6-5-7-10-12/h3,5-7,9-11H,1,4,8H2,2H3. The Balaban J connectivity index is 2.36. The normalized spacial score (nSPS) is 12.4.